The predicted molar refractivity (Wildman–Crippen MR) is 78.2 cm³/mol. The molecule has 20 heavy (non-hydrogen) atoms. The first-order chi connectivity index (χ1) is 9.48. The van der Waals surface area contributed by atoms with Crippen LogP contribution in [-0.4, -0.2) is 41.4 Å². The van der Waals surface area contributed by atoms with Crippen molar-refractivity contribution in [2.75, 3.05) is 19.7 Å². The summed E-state index contributed by atoms with van der Waals surface area (Å²) in [5, 5.41) is 24.4. The summed E-state index contributed by atoms with van der Waals surface area (Å²) in [4.78, 5) is 0. The Morgan fingerprint density at radius 2 is 2.05 bits per heavy atom. The highest BCUT2D eigenvalue weighted by Gasteiger charge is 2.15. The van der Waals surface area contributed by atoms with E-state index >= 15 is 0 Å². The standard InChI is InChI=1S/C14H23N3O3/c1-3-14(2,18)10-16-8-9-20-12-6-4-11(5-7-12)13(15)17-19/h4-7,16,18-19H,3,8-10H2,1-2H3,(H2,15,17). The first-order valence-corrected chi connectivity index (χ1v) is 6.62. The van der Waals surface area contributed by atoms with E-state index in [0.29, 0.717) is 37.4 Å². The van der Waals surface area contributed by atoms with E-state index in [1.165, 1.54) is 0 Å². The average Bonchev–Trinajstić information content (AvgIpc) is 2.46. The lowest BCUT2D eigenvalue weighted by Gasteiger charge is -2.21. The lowest BCUT2D eigenvalue weighted by Crippen LogP contribution is -2.38. The van der Waals surface area contributed by atoms with E-state index in [1.807, 2.05) is 6.92 Å². The molecule has 1 atom stereocenters. The van der Waals surface area contributed by atoms with E-state index in [9.17, 15) is 5.11 Å². The van der Waals surface area contributed by atoms with Gasteiger partial charge in [-0.05, 0) is 37.6 Å². The van der Waals surface area contributed by atoms with Gasteiger partial charge in [-0.25, -0.2) is 0 Å². The highest BCUT2D eigenvalue weighted by atomic mass is 16.5. The van der Waals surface area contributed by atoms with Gasteiger partial charge in [-0.1, -0.05) is 12.1 Å². The second kappa shape index (κ2) is 7.72. The molecule has 0 saturated carbocycles. The minimum Gasteiger partial charge on any atom is -0.492 e. The number of oxime groups is 1. The number of nitrogens with zero attached hydrogens (tertiary/aromatic N) is 1. The Morgan fingerprint density at radius 3 is 2.60 bits per heavy atom. The second-order valence-electron chi connectivity index (χ2n) is 4.89. The highest BCUT2D eigenvalue weighted by Crippen LogP contribution is 2.11. The van der Waals surface area contributed by atoms with Gasteiger partial charge >= 0.3 is 0 Å². The van der Waals surface area contributed by atoms with E-state index in [2.05, 4.69) is 10.5 Å². The Morgan fingerprint density at radius 1 is 1.40 bits per heavy atom. The van der Waals surface area contributed by atoms with Crippen molar-refractivity contribution in [3.8, 4) is 5.75 Å². The molecule has 5 N–H and O–H groups in total. The van der Waals surface area contributed by atoms with E-state index in [4.69, 9.17) is 15.7 Å². The average molecular weight is 281 g/mol. The van der Waals surface area contributed by atoms with Crippen LogP contribution in [0.5, 0.6) is 5.75 Å². The van der Waals surface area contributed by atoms with Gasteiger partial charge in [0.2, 0.25) is 0 Å². The van der Waals surface area contributed by atoms with Crippen LogP contribution in [0.4, 0.5) is 0 Å². The van der Waals surface area contributed by atoms with E-state index < -0.39 is 5.60 Å². The number of rotatable bonds is 8. The van der Waals surface area contributed by atoms with Crippen LogP contribution in [0.3, 0.4) is 0 Å². The molecule has 0 aromatic heterocycles. The summed E-state index contributed by atoms with van der Waals surface area (Å²) in [6.07, 6.45) is 0.705. The number of ether oxygens (including phenoxy) is 1. The van der Waals surface area contributed by atoms with Crippen molar-refractivity contribution in [1.82, 2.24) is 5.32 Å². The molecular formula is C14H23N3O3. The minimum atomic E-state index is -0.678. The largest absolute Gasteiger partial charge is 0.492 e. The molecule has 1 rings (SSSR count). The third-order valence-electron chi connectivity index (χ3n) is 3.07. The molecule has 0 fully saturated rings. The second-order valence-corrected chi connectivity index (χ2v) is 4.89. The molecule has 0 aliphatic heterocycles. The third kappa shape index (κ3) is 5.46. The van der Waals surface area contributed by atoms with Gasteiger partial charge in [0.15, 0.2) is 5.84 Å². The molecule has 1 aromatic rings. The van der Waals surface area contributed by atoms with Crippen LogP contribution < -0.4 is 15.8 Å². The van der Waals surface area contributed by atoms with Gasteiger partial charge in [0.05, 0.1) is 5.60 Å². The molecule has 112 valence electrons. The SMILES string of the molecule is CCC(C)(O)CNCCOc1ccc(C(N)=NO)cc1. The molecule has 0 saturated heterocycles. The number of nitrogens with one attached hydrogen (secondary N) is 1. The molecule has 0 spiro atoms. The van der Waals surface area contributed by atoms with Gasteiger partial charge in [-0.3, -0.25) is 0 Å². The number of aliphatic hydroxyl groups is 1. The quantitative estimate of drug-likeness (QED) is 0.187. The number of hydrogen-bond acceptors (Lipinski definition) is 5. The monoisotopic (exact) mass is 281 g/mol. The normalized spacial score (nSPS) is 14.8. The summed E-state index contributed by atoms with van der Waals surface area (Å²) in [5.41, 5.74) is 5.42. The van der Waals surface area contributed by atoms with Crippen molar-refractivity contribution in [2.24, 2.45) is 10.9 Å². The van der Waals surface area contributed by atoms with Crippen LogP contribution in [-0.2, 0) is 0 Å². The van der Waals surface area contributed by atoms with E-state index in [-0.39, 0.29) is 5.84 Å². The molecule has 0 aliphatic rings. The highest BCUT2D eigenvalue weighted by molar-refractivity contribution is 5.97. The summed E-state index contributed by atoms with van der Waals surface area (Å²) >= 11 is 0. The minimum absolute atomic E-state index is 0.0695. The van der Waals surface area contributed by atoms with Gasteiger partial charge in [0.1, 0.15) is 12.4 Å². The Bertz CT molecular complexity index is 430. The Kier molecular flexibility index (Phi) is 6.27. The van der Waals surface area contributed by atoms with Gasteiger partial charge in [-0.15, -0.1) is 0 Å². The summed E-state index contributed by atoms with van der Waals surface area (Å²) in [6, 6.07) is 6.96. The van der Waals surface area contributed by atoms with Gasteiger partial charge in [-0.2, -0.15) is 0 Å². The molecule has 0 radical (unpaired) electrons. The maximum absolute atomic E-state index is 9.80. The van der Waals surface area contributed by atoms with Crippen molar-refractivity contribution in [1.29, 1.82) is 0 Å². The van der Waals surface area contributed by atoms with Crippen LogP contribution in [0.15, 0.2) is 29.4 Å². The van der Waals surface area contributed by atoms with Crippen LogP contribution in [0.25, 0.3) is 0 Å². The molecule has 6 heteroatoms. The van der Waals surface area contributed by atoms with Crippen LogP contribution in [0.2, 0.25) is 0 Å². The first-order valence-electron chi connectivity index (χ1n) is 6.62. The Balaban J connectivity index is 2.29. The van der Waals surface area contributed by atoms with Crippen molar-refractivity contribution in [3.63, 3.8) is 0 Å². The number of amidine groups is 1. The first kappa shape index (κ1) is 16.3. The van der Waals surface area contributed by atoms with Crippen LogP contribution in [0, 0.1) is 0 Å². The zero-order valence-electron chi connectivity index (χ0n) is 12.0. The van der Waals surface area contributed by atoms with Crippen molar-refractivity contribution in [3.05, 3.63) is 29.8 Å². The predicted octanol–water partition coefficient (Wildman–Crippen LogP) is 0.910. The summed E-state index contributed by atoms with van der Waals surface area (Å²) in [6.45, 7) is 5.43. The van der Waals surface area contributed by atoms with E-state index in [1.54, 1.807) is 31.2 Å². The lowest BCUT2D eigenvalue weighted by molar-refractivity contribution is 0.0551. The molecule has 1 unspecified atom stereocenters. The summed E-state index contributed by atoms with van der Waals surface area (Å²) < 4.78 is 5.54. The zero-order chi connectivity index (χ0) is 15.0. The molecule has 0 amide bonds. The van der Waals surface area contributed by atoms with Crippen molar-refractivity contribution >= 4 is 5.84 Å². The van der Waals surface area contributed by atoms with Gasteiger partial charge in [0, 0.05) is 18.7 Å². The molecule has 6 nitrogen and oxygen atoms in total. The number of nitrogens with two attached hydrogens (primary N) is 1. The van der Waals surface area contributed by atoms with Gasteiger partial charge < -0.3 is 26.1 Å². The molecule has 0 heterocycles. The molecule has 0 bridgehead atoms. The molecule has 0 aliphatic carbocycles. The lowest BCUT2D eigenvalue weighted by atomic mass is 10.0. The van der Waals surface area contributed by atoms with Crippen molar-refractivity contribution in [2.45, 2.75) is 25.9 Å². The Hall–Kier alpha value is -1.79. The number of benzene rings is 1. The fraction of sp³-hybridized carbons (Fsp3) is 0.500. The van der Waals surface area contributed by atoms with Crippen molar-refractivity contribution < 1.29 is 15.1 Å². The summed E-state index contributed by atoms with van der Waals surface area (Å²) in [7, 11) is 0. The zero-order valence-corrected chi connectivity index (χ0v) is 12.0. The topological polar surface area (TPSA) is 100 Å². The summed E-state index contributed by atoms with van der Waals surface area (Å²) in [5.74, 6) is 0.781. The smallest absolute Gasteiger partial charge is 0.170 e. The molecular weight excluding hydrogens is 258 g/mol. The number of hydrogen-bond donors (Lipinski definition) is 4. The fourth-order valence-electron chi connectivity index (χ4n) is 1.50. The molecule has 1 aromatic carbocycles. The maximum atomic E-state index is 9.80. The van der Waals surface area contributed by atoms with Crippen LogP contribution >= 0.6 is 0 Å². The van der Waals surface area contributed by atoms with E-state index in [0.717, 1.165) is 0 Å². The fourth-order valence-corrected chi connectivity index (χ4v) is 1.50. The maximum Gasteiger partial charge on any atom is 0.170 e. The van der Waals surface area contributed by atoms with Crippen LogP contribution in [0.1, 0.15) is 25.8 Å². The Labute approximate surface area is 119 Å². The van der Waals surface area contributed by atoms with Gasteiger partial charge in [0.25, 0.3) is 0 Å². The third-order valence-corrected chi connectivity index (χ3v) is 3.07.